The van der Waals surface area contributed by atoms with E-state index in [0.29, 0.717) is 19.5 Å². The van der Waals surface area contributed by atoms with Crippen molar-refractivity contribution in [2.75, 3.05) is 49.6 Å². The molecule has 2 aromatic carbocycles. The zero-order valence-corrected chi connectivity index (χ0v) is 23.0. The maximum Gasteiger partial charge on any atom is 0.318 e. The number of aryl methyl sites for hydroxylation is 1. The van der Waals surface area contributed by atoms with E-state index in [1.165, 1.54) is 26.9 Å². The lowest BCUT2D eigenvalue weighted by molar-refractivity contribution is -0.127. The van der Waals surface area contributed by atoms with E-state index in [2.05, 4.69) is 64.5 Å². The fraction of sp³-hybridized carbons (Fsp3) is 0.467. The van der Waals surface area contributed by atoms with Gasteiger partial charge in [-0.1, -0.05) is 30.3 Å². The zero-order valence-electron chi connectivity index (χ0n) is 23.0. The molecule has 3 aromatic rings. The van der Waals surface area contributed by atoms with Gasteiger partial charge in [-0.25, -0.2) is 0 Å². The predicted octanol–water partition coefficient (Wildman–Crippen LogP) is 2.16. The smallest absolute Gasteiger partial charge is 0.318 e. The summed E-state index contributed by atoms with van der Waals surface area (Å²) in [5, 5.41) is 25.5. The highest BCUT2D eigenvalue weighted by atomic mass is 16.5. The molecule has 2 fully saturated rings. The van der Waals surface area contributed by atoms with Gasteiger partial charge in [-0.3, -0.25) is 4.79 Å². The molecule has 6 rings (SSSR count). The number of carbonyl (C=O) groups is 1. The average molecular weight is 542 g/mol. The number of piperazine rings is 1. The van der Waals surface area contributed by atoms with E-state index < -0.39 is 12.1 Å². The minimum absolute atomic E-state index is 0.0702. The largest absolute Gasteiger partial charge is 0.461 e. The summed E-state index contributed by atoms with van der Waals surface area (Å²) in [4.78, 5) is 28.0. The number of nitrogens with zero attached hydrogens (tertiary/aromatic N) is 6. The Bertz CT molecular complexity index is 1470. The summed E-state index contributed by atoms with van der Waals surface area (Å²) in [5.74, 6) is 0.758. The number of hydrogen-bond donors (Lipinski definition) is 2. The van der Waals surface area contributed by atoms with Gasteiger partial charge in [0.25, 0.3) is 0 Å². The molecule has 1 aromatic heterocycles. The zero-order chi connectivity index (χ0) is 27.8. The van der Waals surface area contributed by atoms with E-state index in [1.54, 1.807) is 7.05 Å². The number of hydrogen-bond acceptors (Lipinski definition) is 9. The molecular formula is C30H35N7O3. The molecular weight excluding hydrogens is 506 g/mol. The molecule has 10 nitrogen and oxygen atoms in total. The quantitative estimate of drug-likeness (QED) is 0.484. The Labute approximate surface area is 234 Å². The summed E-state index contributed by atoms with van der Waals surface area (Å²) in [6, 6.07) is 15.0. The third-order valence-corrected chi connectivity index (χ3v) is 8.45. The van der Waals surface area contributed by atoms with E-state index in [9.17, 15) is 15.2 Å². The molecule has 0 aliphatic carbocycles. The van der Waals surface area contributed by atoms with Gasteiger partial charge >= 0.3 is 6.01 Å². The topological polar surface area (TPSA) is 118 Å². The Morgan fingerprint density at radius 3 is 2.77 bits per heavy atom. The maximum absolute atomic E-state index is 12.1. The van der Waals surface area contributed by atoms with Crippen LogP contribution in [-0.4, -0.2) is 83.9 Å². The van der Waals surface area contributed by atoms with Crippen LogP contribution in [0.4, 0.5) is 11.5 Å². The van der Waals surface area contributed by atoms with Crippen molar-refractivity contribution in [3.8, 4) is 12.1 Å². The molecule has 208 valence electrons. The van der Waals surface area contributed by atoms with Crippen LogP contribution in [0.3, 0.4) is 0 Å². The maximum atomic E-state index is 12.1. The summed E-state index contributed by atoms with van der Waals surface area (Å²) in [5.41, 5.74) is 4.47. The Hall–Kier alpha value is -3.94. The third-order valence-electron chi connectivity index (χ3n) is 8.45. The first-order valence-electron chi connectivity index (χ1n) is 14.0. The number of aromatic nitrogens is 2. The van der Waals surface area contributed by atoms with Gasteiger partial charge in [0.05, 0.1) is 43.3 Å². The summed E-state index contributed by atoms with van der Waals surface area (Å²) in [6.45, 7) is 5.95. The molecule has 0 unspecified atom stereocenters. The van der Waals surface area contributed by atoms with Gasteiger partial charge in [-0.15, -0.1) is 0 Å². The normalized spacial score (nSPS) is 22.9. The van der Waals surface area contributed by atoms with Crippen molar-refractivity contribution in [3.63, 3.8) is 0 Å². The number of likely N-dealkylation sites (N-methyl/N-ethyl adjacent to an activating group) is 1. The number of nitrogens with one attached hydrogen (secondary N) is 1. The first kappa shape index (κ1) is 26.3. The second-order valence-electron chi connectivity index (χ2n) is 11.0. The Balaban J connectivity index is 1.34. The number of amides is 1. The van der Waals surface area contributed by atoms with Crippen molar-refractivity contribution in [3.05, 3.63) is 53.2 Å². The highest BCUT2D eigenvalue weighted by molar-refractivity contribution is 5.97. The van der Waals surface area contributed by atoms with Crippen LogP contribution in [0.1, 0.15) is 29.7 Å². The van der Waals surface area contributed by atoms with Gasteiger partial charge in [-0.05, 0) is 30.4 Å². The number of aliphatic hydroxyl groups excluding tert-OH is 1. The lowest BCUT2D eigenvalue weighted by Gasteiger charge is -2.37. The molecule has 0 bridgehead atoms. The molecule has 2 saturated heterocycles. The second-order valence-corrected chi connectivity index (χ2v) is 11.0. The van der Waals surface area contributed by atoms with Gasteiger partial charge in [-0.2, -0.15) is 15.2 Å². The average Bonchev–Trinajstić information content (AvgIpc) is 3.21. The lowest BCUT2D eigenvalue weighted by Crippen LogP contribution is -2.51. The number of carbonyl (C=O) groups excluding carboxylic acids is 1. The standard InChI is InChI=1S/C30H35N7O3/c1-19-5-3-6-20-7-4-8-24(28(19)20)36-13-10-22-23(17-36)33-30(40-18-25-26(38)15-27(39)35(25)2)34-29(22)37-14-12-32-21(16-37)9-11-31/h3-8,21,25-26,32,38H,9-10,12-18H2,1-2H3/t21-,25+,26+/m0/s1. The first-order chi connectivity index (χ1) is 19.4. The minimum Gasteiger partial charge on any atom is -0.461 e. The highest BCUT2D eigenvalue weighted by Gasteiger charge is 2.37. The highest BCUT2D eigenvalue weighted by Crippen LogP contribution is 2.35. The van der Waals surface area contributed by atoms with Gasteiger partial charge in [0.15, 0.2) is 0 Å². The molecule has 3 atom stereocenters. The first-order valence-corrected chi connectivity index (χ1v) is 14.0. The Morgan fingerprint density at radius 2 is 2.00 bits per heavy atom. The van der Waals surface area contributed by atoms with Gasteiger partial charge in [0, 0.05) is 55.9 Å². The number of anilines is 2. The van der Waals surface area contributed by atoms with Crippen molar-refractivity contribution in [1.82, 2.24) is 20.2 Å². The third kappa shape index (κ3) is 4.91. The van der Waals surface area contributed by atoms with Crippen LogP contribution in [0.5, 0.6) is 6.01 Å². The summed E-state index contributed by atoms with van der Waals surface area (Å²) in [7, 11) is 1.69. The molecule has 1 amide bonds. The fourth-order valence-corrected chi connectivity index (χ4v) is 6.24. The van der Waals surface area contributed by atoms with E-state index in [-0.39, 0.29) is 31.0 Å². The van der Waals surface area contributed by atoms with Gasteiger partial charge < -0.3 is 29.9 Å². The van der Waals surface area contributed by atoms with E-state index in [4.69, 9.17) is 14.7 Å². The predicted molar refractivity (Wildman–Crippen MR) is 152 cm³/mol. The summed E-state index contributed by atoms with van der Waals surface area (Å²) >= 11 is 0. The number of likely N-dealkylation sites (tertiary alicyclic amines) is 1. The Kier molecular flexibility index (Phi) is 7.17. The number of aliphatic hydroxyl groups is 1. The molecule has 2 N–H and O–H groups in total. The monoisotopic (exact) mass is 541 g/mol. The van der Waals surface area contributed by atoms with Crippen LogP contribution >= 0.6 is 0 Å². The number of ether oxygens (including phenoxy) is 1. The molecule has 3 aliphatic heterocycles. The van der Waals surface area contributed by atoms with Crippen molar-refractivity contribution in [2.24, 2.45) is 0 Å². The number of rotatable bonds is 6. The lowest BCUT2D eigenvalue weighted by atomic mass is 9.99. The van der Waals surface area contributed by atoms with Crippen molar-refractivity contribution in [2.45, 2.75) is 50.9 Å². The van der Waals surface area contributed by atoms with E-state index in [0.717, 1.165) is 43.1 Å². The number of nitriles is 1. The molecule has 0 saturated carbocycles. The Morgan fingerprint density at radius 1 is 1.18 bits per heavy atom. The van der Waals surface area contributed by atoms with Gasteiger partial charge in [0.1, 0.15) is 12.4 Å². The van der Waals surface area contributed by atoms with Crippen LogP contribution < -0.4 is 19.9 Å². The van der Waals surface area contributed by atoms with Crippen LogP contribution in [0, 0.1) is 18.3 Å². The van der Waals surface area contributed by atoms with Crippen LogP contribution in [0.15, 0.2) is 36.4 Å². The van der Waals surface area contributed by atoms with Crippen molar-refractivity contribution >= 4 is 28.2 Å². The van der Waals surface area contributed by atoms with Crippen molar-refractivity contribution < 1.29 is 14.6 Å². The van der Waals surface area contributed by atoms with Crippen LogP contribution in [0.2, 0.25) is 0 Å². The SMILES string of the molecule is Cc1cccc2cccc(N3CCc4c(nc(OC[C@@H]5[C@H](O)CC(=O)N5C)nc4N4CCN[C@@H](CC#N)C4)C3)c12. The number of benzene rings is 2. The van der Waals surface area contributed by atoms with Crippen LogP contribution in [-0.2, 0) is 17.8 Å². The summed E-state index contributed by atoms with van der Waals surface area (Å²) < 4.78 is 6.09. The molecule has 40 heavy (non-hydrogen) atoms. The number of fused-ring (bicyclic) bond motifs is 2. The van der Waals surface area contributed by atoms with E-state index in [1.807, 2.05) is 0 Å². The molecule has 0 radical (unpaired) electrons. The molecule has 4 heterocycles. The van der Waals surface area contributed by atoms with Crippen LogP contribution in [0.25, 0.3) is 10.8 Å². The molecule has 3 aliphatic rings. The fourth-order valence-electron chi connectivity index (χ4n) is 6.24. The van der Waals surface area contributed by atoms with Gasteiger partial charge in [0.2, 0.25) is 5.91 Å². The van der Waals surface area contributed by atoms with Crippen molar-refractivity contribution in [1.29, 1.82) is 5.26 Å². The summed E-state index contributed by atoms with van der Waals surface area (Å²) in [6.07, 6.45) is 0.542. The van der Waals surface area contributed by atoms with E-state index >= 15 is 0 Å². The minimum atomic E-state index is -0.778. The second kappa shape index (κ2) is 10.9. The molecule has 0 spiro atoms. The molecule has 10 heteroatoms.